The van der Waals surface area contributed by atoms with Crippen LogP contribution >= 0.6 is 0 Å². The van der Waals surface area contributed by atoms with Gasteiger partial charge >= 0.3 is 0 Å². The Kier molecular flexibility index (Phi) is 4.52. The SMILES string of the molecule is CC(C)(C)NC(=O)COCc1ccc(N)cc1. The molecule has 0 saturated carbocycles. The smallest absolute Gasteiger partial charge is 0.246 e. The van der Waals surface area contributed by atoms with Crippen molar-refractivity contribution >= 4 is 11.6 Å². The predicted octanol–water partition coefficient (Wildman–Crippen LogP) is 1.70. The quantitative estimate of drug-likeness (QED) is 0.782. The Morgan fingerprint density at radius 3 is 2.41 bits per heavy atom. The van der Waals surface area contributed by atoms with Gasteiger partial charge in [0.25, 0.3) is 0 Å². The molecule has 0 aliphatic carbocycles. The first kappa shape index (κ1) is 13.5. The Balaban J connectivity index is 2.28. The topological polar surface area (TPSA) is 64.3 Å². The number of nitrogen functional groups attached to an aromatic ring is 1. The van der Waals surface area contributed by atoms with Gasteiger partial charge in [-0.1, -0.05) is 12.1 Å². The summed E-state index contributed by atoms with van der Waals surface area (Å²) in [7, 11) is 0. The number of anilines is 1. The summed E-state index contributed by atoms with van der Waals surface area (Å²) < 4.78 is 5.31. The molecule has 0 aliphatic rings. The number of carbonyl (C=O) groups excluding carboxylic acids is 1. The molecule has 4 heteroatoms. The second-order valence-corrected chi connectivity index (χ2v) is 5.03. The third kappa shape index (κ3) is 5.92. The third-order valence-electron chi connectivity index (χ3n) is 2.00. The summed E-state index contributed by atoms with van der Waals surface area (Å²) in [5.74, 6) is -0.104. The van der Waals surface area contributed by atoms with Crippen molar-refractivity contribution < 1.29 is 9.53 Å². The molecular formula is C13H20N2O2. The van der Waals surface area contributed by atoms with Gasteiger partial charge in [0.1, 0.15) is 6.61 Å². The Morgan fingerprint density at radius 1 is 1.29 bits per heavy atom. The van der Waals surface area contributed by atoms with Crippen LogP contribution < -0.4 is 11.1 Å². The van der Waals surface area contributed by atoms with E-state index in [1.54, 1.807) is 0 Å². The number of nitrogens with one attached hydrogen (secondary N) is 1. The standard InChI is InChI=1S/C13H20N2O2/c1-13(2,3)15-12(16)9-17-8-10-4-6-11(14)7-5-10/h4-7H,8-9,14H2,1-3H3,(H,15,16). The average Bonchev–Trinajstić information content (AvgIpc) is 2.18. The van der Waals surface area contributed by atoms with E-state index in [4.69, 9.17) is 10.5 Å². The molecule has 0 atom stereocenters. The molecule has 0 radical (unpaired) electrons. The molecule has 0 heterocycles. The number of benzene rings is 1. The second-order valence-electron chi connectivity index (χ2n) is 5.03. The highest BCUT2D eigenvalue weighted by atomic mass is 16.5. The van der Waals surface area contributed by atoms with Crippen LogP contribution in [0.3, 0.4) is 0 Å². The van der Waals surface area contributed by atoms with E-state index in [0.29, 0.717) is 6.61 Å². The molecule has 3 N–H and O–H groups in total. The zero-order valence-corrected chi connectivity index (χ0v) is 10.6. The fourth-order valence-electron chi connectivity index (χ4n) is 1.33. The van der Waals surface area contributed by atoms with E-state index in [1.807, 2.05) is 45.0 Å². The van der Waals surface area contributed by atoms with Crippen molar-refractivity contribution in [2.24, 2.45) is 0 Å². The maximum Gasteiger partial charge on any atom is 0.246 e. The molecule has 0 spiro atoms. The van der Waals surface area contributed by atoms with Crippen LogP contribution in [-0.2, 0) is 16.1 Å². The number of amides is 1. The van der Waals surface area contributed by atoms with Crippen molar-refractivity contribution in [2.75, 3.05) is 12.3 Å². The highest BCUT2D eigenvalue weighted by molar-refractivity contribution is 5.77. The molecule has 94 valence electrons. The largest absolute Gasteiger partial charge is 0.399 e. The van der Waals surface area contributed by atoms with Gasteiger partial charge in [0.2, 0.25) is 5.91 Å². The van der Waals surface area contributed by atoms with Crippen LogP contribution in [0.1, 0.15) is 26.3 Å². The van der Waals surface area contributed by atoms with E-state index in [2.05, 4.69) is 5.32 Å². The van der Waals surface area contributed by atoms with Crippen molar-refractivity contribution in [1.29, 1.82) is 0 Å². The molecule has 0 bridgehead atoms. The fourth-order valence-corrected chi connectivity index (χ4v) is 1.33. The van der Waals surface area contributed by atoms with E-state index in [-0.39, 0.29) is 18.1 Å². The molecule has 0 aliphatic heterocycles. The van der Waals surface area contributed by atoms with Crippen molar-refractivity contribution in [3.05, 3.63) is 29.8 Å². The van der Waals surface area contributed by atoms with Gasteiger partial charge in [-0.15, -0.1) is 0 Å². The normalized spacial score (nSPS) is 11.2. The lowest BCUT2D eigenvalue weighted by Gasteiger charge is -2.20. The summed E-state index contributed by atoms with van der Waals surface area (Å²) in [6.45, 7) is 6.29. The lowest BCUT2D eigenvalue weighted by Crippen LogP contribution is -2.42. The molecule has 0 unspecified atom stereocenters. The van der Waals surface area contributed by atoms with E-state index in [0.717, 1.165) is 11.3 Å². The average molecular weight is 236 g/mol. The van der Waals surface area contributed by atoms with E-state index >= 15 is 0 Å². The summed E-state index contributed by atoms with van der Waals surface area (Å²) in [6, 6.07) is 7.40. The number of hydrogen-bond donors (Lipinski definition) is 2. The van der Waals surface area contributed by atoms with Crippen LogP contribution in [0.4, 0.5) is 5.69 Å². The first-order chi connectivity index (χ1) is 7.87. The minimum atomic E-state index is -0.221. The lowest BCUT2D eigenvalue weighted by atomic mass is 10.1. The second kappa shape index (κ2) is 5.68. The summed E-state index contributed by atoms with van der Waals surface area (Å²) in [5, 5.41) is 2.83. The third-order valence-corrected chi connectivity index (χ3v) is 2.00. The zero-order valence-electron chi connectivity index (χ0n) is 10.6. The monoisotopic (exact) mass is 236 g/mol. The van der Waals surface area contributed by atoms with Gasteiger partial charge in [0.05, 0.1) is 6.61 Å². The van der Waals surface area contributed by atoms with E-state index in [9.17, 15) is 4.79 Å². The Hall–Kier alpha value is -1.55. The van der Waals surface area contributed by atoms with Crippen LogP contribution in [0, 0.1) is 0 Å². The highest BCUT2D eigenvalue weighted by Gasteiger charge is 2.13. The van der Waals surface area contributed by atoms with Crippen LogP contribution in [-0.4, -0.2) is 18.1 Å². The van der Waals surface area contributed by atoms with Crippen LogP contribution in [0.15, 0.2) is 24.3 Å². The molecule has 1 rings (SSSR count). The highest BCUT2D eigenvalue weighted by Crippen LogP contribution is 2.06. The van der Waals surface area contributed by atoms with Gasteiger partial charge in [0.15, 0.2) is 0 Å². The Bertz CT molecular complexity index is 366. The molecule has 0 aromatic heterocycles. The molecule has 1 aromatic rings. The van der Waals surface area contributed by atoms with Crippen molar-refractivity contribution in [1.82, 2.24) is 5.32 Å². The maximum atomic E-state index is 11.4. The molecule has 1 aromatic carbocycles. The van der Waals surface area contributed by atoms with Gasteiger partial charge in [-0.3, -0.25) is 4.79 Å². The zero-order chi connectivity index (χ0) is 12.9. The van der Waals surface area contributed by atoms with Gasteiger partial charge in [-0.2, -0.15) is 0 Å². The first-order valence-electron chi connectivity index (χ1n) is 5.60. The number of rotatable bonds is 4. The van der Waals surface area contributed by atoms with Crippen LogP contribution in [0.2, 0.25) is 0 Å². The number of nitrogens with two attached hydrogens (primary N) is 1. The summed E-state index contributed by atoms with van der Waals surface area (Å²) in [6.07, 6.45) is 0. The summed E-state index contributed by atoms with van der Waals surface area (Å²) in [5.41, 5.74) is 7.07. The number of carbonyl (C=O) groups is 1. The number of hydrogen-bond acceptors (Lipinski definition) is 3. The Morgan fingerprint density at radius 2 is 1.88 bits per heavy atom. The molecule has 4 nitrogen and oxygen atoms in total. The fraction of sp³-hybridized carbons (Fsp3) is 0.462. The van der Waals surface area contributed by atoms with Gasteiger partial charge in [0, 0.05) is 11.2 Å². The molecular weight excluding hydrogens is 216 g/mol. The van der Waals surface area contributed by atoms with Gasteiger partial charge in [-0.25, -0.2) is 0 Å². The summed E-state index contributed by atoms with van der Waals surface area (Å²) >= 11 is 0. The van der Waals surface area contributed by atoms with Crippen molar-refractivity contribution in [3.8, 4) is 0 Å². The number of ether oxygens (including phenoxy) is 1. The van der Waals surface area contributed by atoms with Crippen LogP contribution in [0.5, 0.6) is 0 Å². The molecule has 17 heavy (non-hydrogen) atoms. The van der Waals surface area contributed by atoms with Gasteiger partial charge in [-0.05, 0) is 38.5 Å². The van der Waals surface area contributed by atoms with Crippen molar-refractivity contribution in [2.45, 2.75) is 32.9 Å². The lowest BCUT2D eigenvalue weighted by molar-refractivity contribution is -0.127. The van der Waals surface area contributed by atoms with Crippen molar-refractivity contribution in [3.63, 3.8) is 0 Å². The Labute approximate surface area is 102 Å². The predicted molar refractivity (Wildman–Crippen MR) is 68.4 cm³/mol. The molecule has 1 amide bonds. The minimum Gasteiger partial charge on any atom is -0.399 e. The van der Waals surface area contributed by atoms with Crippen LogP contribution in [0.25, 0.3) is 0 Å². The first-order valence-corrected chi connectivity index (χ1v) is 5.60. The molecule has 0 saturated heterocycles. The maximum absolute atomic E-state index is 11.4. The van der Waals surface area contributed by atoms with E-state index in [1.165, 1.54) is 0 Å². The summed E-state index contributed by atoms with van der Waals surface area (Å²) in [4.78, 5) is 11.4. The van der Waals surface area contributed by atoms with Gasteiger partial charge < -0.3 is 15.8 Å². The van der Waals surface area contributed by atoms with E-state index < -0.39 is 0 Å². The minimum absolute atomic E-state index is 0.0711. The molecule has 0 fully saturated rings.